The molecule has 184 valence electrons. The summed E-state index contributed by atoms with van der Waals surface area (Å²) < 4.78 is 38.3. The van der Waals surface area contributed by atoms with Crippen molar-refractivity contribution in [3.8, 4) is 5.75 Å². The van der Waals surface area contributed by atoms with E-state index in [4.69, 9.17) is 9.47 Å². The number of morpholine rings is 1. The molecule has 2 aliphatic rings. The van der Waals surface area contributed by atoms with Crippen molar-refractivity contribution in [2.45, 2.75) is 31.2 Å². The molecule has 2 aliphatic heterocycles. The number of anilines is 1. The van der Waals surface area contributed by atoms with Crippen LogP contribution in [0.1, 0.15) is 24.0 Å². The molecule has 2 heterocycles. The van der Waals surface area contributed by atoms with E-state index in [1.807, 2.05) is 0 Å². The summed E-state index contributed by atoms with van der Waals surface area (Å²) in [5.74, 6) is 0.0828. The van der Waals surface area contributed by atoms with E-state index in [9.17, 15) is 13.2 Å². The summed E-state index contributed by atoms with van der Waals surface area (Å²) in [5, 5.41) is 2.93. The van der Waals surface area contributed by atoms with Crippen molar-refractivity contribution in [3.63, 3.8) is 0 Å². The van der Waals surface area contributed by atoms with Crippen LogP contribution < -0.4 is 10.1 Å². The lowest BCUT2D eigenvalue weighted by molar-refractivity contribution is -0.121. The smallest absolute Gasteiger partial charge is 0.246 e. The first kappa shape index (κ1) is 24.7. The third-order valence-electron chi connectivity index (χ3n) is 6.50. The molecule has 2 aromatic carbocycles. The number of carbonyl (C=O) groups is 1. The molecule has 0 bridgehead atoms. The predicted molar refractivity (Wildman–Crippen MR) is 130 cm³/mol. The quantitative estimate of drug-likeness (QED) is 0.646. The van der Waals surface area contributed by atoms with Crippen LogP contribution in [-0.4, -0.2) is 70.0 Å². The van der Waals surface area contributed by atoms with Crippen LogP contribution in [0.4, 0.5) is 5.69 Å². The van der Waals surface area contributed by atoms with Crippen LogP contribution in [0.25, 0.3) is 0 Å². The van der Waals surface area contributed by atoms with Gasteiger partial charge < -0.3 is 14.8 Å². The zero-order valence-corrected chi connectivity index (χ0v) is 20.6. The fraction of sp³-hybridized carbons (Fsp3) is 0.480. The number of benzene rings is 2. The Morgan fingerprint density at radius 1 is 1.06 bits per heavy atom. The Balaban J connectivity index is 1.38. The Hall–Kier alpha value is -2.46. The average molecular weight is 488 g/mol. The number of methoxy groups -OCH3 is 1. The lowest BCUT2D eigenvalue weighted by atomic mass is 9.95. The molecule has 8 nitrogen and oxygen atoms in total. The monoisotopic (exact) mass is 487 g/mol. The molecule has 2 saturated heterocycles. The SMILES string of the molecule is COc1ccc(NC(=O)C2CCN(Cc3ccc(C)cc3)CC2)cc1S(=O)(=O)N1CCOCC1. The normalized spacial score (nSPS) is 18.5. The first-order valence-electron chi connectivity index (χ1n) is 11.7. The van der Waals surface area contributed by atoms with Gasteiger partial charge in [0.15, 0.2) is 0 Å². The van der Waals surface area contributed by atoms with Crippen molar-refractivity contribution in [3.05, 3.63) is 53.6 Å². The van der Waals surface area contributed by atoms with Gasteiger partial charge in [0.1, 0.15) is 10.6 Å². The number of ether oxygens (including phenoxy) is 2. The minimum absolute atomic E-state index is 0.0580. The van der Waals surface area contributed by atoms with Crippen molar-refractivity contribution in [1.82, 2.24) is 9.21 Å². The van der Waals surface area contributed by atoms with Gasteiger partial charge in [-0.05, 0) is 56.6 Å². The number of sulfonamides is 1. The first-order valence-corrected chi connectivity index (χ1v) is 13.2. The Bertz CT molecular complexity index is 1090. The Labute approximate surface area is 201 Å². The molecule has 0 spiro atoms. The topological polar surface area (TPSA) is 88.2 Å². The van der Waals surface area contributed by atoms with E-state index in [0.29, 0.717) is 32.0 Å². The molecule has 0 atom stereocenters. The number of rotatable bonds is 7. The molecule has 0 unspecified atom stereocenters. The number of carbonyl (C=O) groups excluding carboxylic acids is 1. The standard InChI is InChI=1S/C25H33N3O5S/c1-19-3-5-20(6-4-19)18-27-11-9-21(10-12-27)25(29)26-22-7-8-23(32-2)24(17-22)34(30,31)28-13-15-33-16-14-28/h3-8,17,21H,9-16,18H2,1-2H3,(H,26,29). The van der Waals surface area contributed by atoms with E-state index in [0.717, 1.165) is 32.5 Å². The van der Waals surface area contributed by atoms with E-state index < -0.39 is 10.0 Å². The van der Waals surface area contributed by atoms with Gasteiger partial charge in [0.2, 0.25) is 15.9 Å². The number of piperidine rings is 1. The highest BCUT2D eigenvalue weighted by Crippen LogP contribution is 2.31. The lowest BCUT2D eigenvalue weighted by Crippen LogP contribution is -2.40. The van der Waals surface area contributed by atoms with Crippen LogP contribution in [0.5, 0.6) is 5.75 Å². The molecule has 4 rings (SSSR count). The Morgan fingerprint density at radius 3 is 2.38 bits per heavy atom. The van der Waals surface area contributed by atoms with Crippen molar-refractivity contribution in [2.24, 2.45) is 5.92 Å². The van der Waals surface area contributed by atoms with E-state index >= 15 is 0 Å². The molecular formula is C25H33N3O5S. The fourth-order valence-corrected chi connectivity index (χ4v) is 6.02. The molecule has 0 saturated carbocycles. The van der Waals surface area contributed by atoms with E-state index in [-0.39, 0.29) is 22.5 Å². The molecule has 1 amide bonds. The number of likely N-dealkylation sites (tertiary alicyclic amines) is 1. The summed E-state index contributed by atoms with van der Waals surface area (Å²) in [7, 11) is -2.32. The summed E-state index contributed by atoms with van der Waals surface area (Å²) in [6.45, 7) is 5.98. The van der Waals surface area contributed by atoms with E-state index in [1.54, 1.807) is 12.1 Å². The van der Waals surface area contributed by atoms with Gasteiger partial charge in [0.25, 0.3) is 0 Å². The highest BCUT2D eigenvalue weighted by molar-refractivity contribution is 7.89. The molecule has 1 N–H and O–H groups in total. The van der Waals surface area contributed by atoms with Crippen molar-refractivity contribution in [1.29, 1.82) is 0 Å². The average Bonchev–Trinajstić information content (AvgIpc) is 2.86. The minimum Gasteiger partial charge on any atom is -0.495 e. The Kier molecular flexibility index (Phi) is 7.88. The number of nitrogens with zero attached hydrogens (tertiary/aromatic N) is 2. The van der Waals surface area contributed by atoms with Gasteiger partial charge in [-0.2, -0.15) is 4.31 Å². The molecule has 2 fully saturated rings. The van der Waals surface area contributed by atoms with Crippen LogP contribution in [0, 0.1) is 12.8 Å². The number of hydrogen-bond acceptors (Lipinski definition) is 6. The third kappa shape index (κ3) is 5.78. The number of hydrogen-bond donors (Lipinski definition) is 1. The summed E-state index contributed by atoms with van der Waals surface area (Å²) in [6.07, 6.45) is 1.54. The van der Waals surface area contributed by atoms with Gasteiger partial charge in [-0.25, -0.2) is 8.42 Å². The number of aryl methyl sites for hydroxylation is 1. The predicted octanol–water partition coefficient (Wildman–Crippen LogP) is 2.88. The zero-order valence-electron chi connectivity index (χ0n) is 19.8. The molecule has 2 aromatic rings. The number of amides is 1. The molecular weight excluding hydrogens is 454 g/mol. The van der Waals surface area contributed by atoms with Gasteiger partial charge in [-0.15, -0.1) is 0 Å². The Morgan fingerprint density at radius 2 is 1.74 bits per heavy atom. The largest absolute Gasteiger partial charge is 0.495 e. The van der Waals surface area contributed by atoms with Crippen LogP contribution in [0.3, 0.4) is 0 Å². The number of nitrogens with one attached hydrogen (secondary N) is 1. The van der Waals surface area contributed by atoms with Crippen molar-refractivity contribution in [2.75, 3.05) is 51.8 Å². The summed E-state index contributed by atoms with van der Waals surface area (Å²) in [6, 6.07) is 13.3. The van der Waals surface area contributed by atoms with Crippen LogP contribution >= 0.6 is 0 Å². The second-order valence-electron chi connectivity index (χ2n) is 8.91. The van der Waals surface area contributed by atoms with Gasteiger partial charge in [0.05, 0.1) is 20.3 Å². The van der Waals surface area contributed by atoms with Gasteiger partial charge in [-0.1, -0.05) is 29.8 Å². The molecule has 34 heavy (non-hydrogen) atoms. The summed E-state index contributed by atoms with van der Waals surface area (Å²) >= 11 is 0. The summed E-state index contributed by atoms with van der Waals surface area (Å²) in [5.41, 5.74) is 2.99. The fourth-order valence-electron chi connectivity index (χ4n) is 4.43. The summed E-state index contributed by atoms with van der Waals surface area (Å²) in [4.78, 5) is 15.4. The molecule has 0 radical (unpaired) electrons. The van der Waals surface area contributed by atoms with Crippen LogP contribution in [0.2, 0.25) is 0 Å². The first-order chi connectivity index (χ1) is 16.4. The lowest BCUT2D eigenvalue weighted by Gasteiger charge is -2.31. The maximum atomic E-state index is 13.2. The maximum absolute atomic E-state index is 13.2. The zero-order chi connectivity index (χ0) is 24.1. The van der Waals surface area contributed by atoms with E-state index in [1.165, 1.54) is 28.6 Å². The molecule has 0 aliphatic carbocycles. The molecule has 9 heteroatoms. The molecule has 0 aromatic heterocycles. The maximum Gasteiger partial charge on any atom is 0.246 e. The van der Waals surface area contributed by atoms with Crippen molar-refractivity contribution < 1.29 is 22.7 Å². The van der Waals surface area contributed by atoms with Crippen molar-refractivity contribution >= 4 is 21.6 Å². The second-order valence-corrected chi connectivity index (χ2v) is 10.8. The van der Waals surface area contributed by atoms with Crippen LogP contribution in [-0.2, 0) is 26.1 Å². The minimum atomic E-state index is -3.76. The van der Waals surface area contributed by atoms with Gasteiger partial charge in [0, 0.05) is 31.2 Å². The third-order valence-corrected chi connectivity index (χ3v) is 8.42. The van der Waals surface area contributed by atoms with Gasteiger partial charge >= 0.3 is 0 Å². The second kappa shape index (κ2) is 10.9. The van der Waals surface area contributed by atoms with Gasteiger partial charge in [-0.3, -0.25) is 9.69 Å². The van der Waals surface area contributed by atoms with Crippen LogP contribution in [0.15, 0.2) is 47.4 Å². The highest BCUT2D eigenvalue weighted by atomic mass is 32.2. The van der Waals surface area contributed by atoms with E-state index in [2.05, 4.69) is 41.4 Å². The highest BCUT2D eigenvalue weighted by Gasteiger charge is 2.30.